The Morgan fingerprint density at radius 3 is 2.45 bits per heavy atom. The lowest BCUT2D eigenvalue weighted by Crippen LogP contribution is -2.36. The van der Waals surface area contributed by atoms with Gasteiger partial charge in [-0.05, 0) is 49.2 Å². The Labute approximate surface area is 191 Å². The molecule has 3 N–H and O–H groups in total. The fourth-order valence-corrected chi connectivity index (χ4v) is 3.63. The van der Waals surface area contributed by atoms with Gasteiger partial charge in [0.2, 0.25) is 11.9 Å². The van der Waals surface area contributed by atoms with E-state index in [-0.39, 0.29) is 23.6 Å². The van der Waals surface area contributed by atoms with E-state index in [2.05, 4.69) is 30.8 Å². The highest BCUT2D eigenvalue weighted by atomic mass is 19.1. The molecule has 2 aliphatic rings. The van der Waals surface area contributed by atoms with Crippen molar-refractivity contribution in [3.05, 3.63) is 60.5 Å². The van der Waals surface area contributed by atoms with E-state index >= 15 is 0 Å². The van der Waals surface area contributed by atoms with Crippen LogP contribution in [0.25, 0.3) is 0 Å². The number of carbonyl (C=O) groups excluding carboxylic acids is 1. The fraction of sp³-hybridized carbons (Fsp3) is 0.292. The van der Waals surface area contributed by atoms with Gasteiger partial charge in [0.05, 0.1) is 30.8 Å². The van der Waals surface area contributed by atoms with Crippen LogP contribution in [0.15, 0.2) is 54.7 Å². The number of ether oxygens (including phenoxy) is 1. The van der Waals surface area contributed by atoms with Crippen LogP contribution in [0.1, 0.15) is 12.8 Å². The molecule has 0 bridgehead atoms. The van der Waals surface area contributed by atoms with E-state index in [4.69, 9.17) is 4.74 Å². The number of rotatable bonds is 7. The molecule has 8 nitrogen and oxygen atoms in total. The Balaban J connectivity index is 1.29. The number of carbonyl (C=O) groups is 1. The topological polar surface area (TPSA) is 91.4 Å². The van der Waals surface area contributed by atoms with Gasteiger partial charge in [-0.25, -0.2) is 9.37 Å². The first-order chi connectivity index (χ1) is 16.2. The Morgan fingerprint density at radius 2 is 1.73 bits per heavy atom. The summed E-state index contributed by atoms with van der Waals surface area (Å²) >= 11 is 0. The van der Waals surface area contributed by atoms with Gasteiger partial charge in [-0.15, -0.1) is 0 Å². The largest absolute Gasteiger partial charge is 0.378 e. The normalized spacial score (nSPS) is 15.7. The molecule has 9 heteroatoms. The molecule has 0 spiro atoms. The van der Waals surface area contributed by atoms with Crippen molar-refractivity contribution in [1.29, 1.82) is 0 Å². The molecule has 1 amide bonds. The van der Waals surface area contributed by atoms with Crippen molar-refractivity contribution in [2.75, 3.05) is 47.2 Å². The van der Waals surface area contributed by atoms with Crippen LogP contribution in [0, 0.1) is 11.7 Å². The molecular formula is C24H25FN6O2. The summed E-state index contributed by atoms with van der Waals surface area (Å²) in [6.45, 7) is 3.19. The van der Waals surface area contributed by atoms with E-state index in [9.17, 15) is 9.18 Å². The van der Waals surface area contributed by atoms with Gasteiger partial charge in [-0.1, -0.05) is 12.1 Å². The zero-order valence-electron chi connectivity index (χ0n) is 18.1. The maximum Gasteiger partial charge on any atom is 0.229 e. The average Bonchev–Trinajstić information content (AvgIpc) is 3.69. The third kappa shape index (κ3) is 5.20. The smallest absolute Gasteiger partial charge is 0.229 e. The number of nitrogens with zero attached hydrogens (tertiary/aromatic N) is 3. The van der Waals surface area contributed by atoms with Crippen LogP contribution in [-0.2, 0) is 9.53 Å². The molecule has 0 radical (unpaired) electrons. The predicted molar refractivity (Wildman–Crippen MR) is 126 cm³/mol. The second-order valence-electron chi connectivity index (χ2n) is 8.10. The van der Waals surface area contributed by atoms with Crippen molar-refractivity contribution in [2.45, 2.75) is 12.8 Å². The number of halogens is 1. The first-order valence-corrected chi connectivity index (χ1v) is 11.0. The number of benzene rings is 2. The first-order valence-electron chi connectivity index (χ1n) is 11.0. The zero-order valence-corrected chi connectivity index (χ0v) is 18.1. The fourth-order valence-electron chi connectivity index (χ4n) is 3.63. The molecule has 2 aromatic carbocycles. The monoisotopic (exact) mass is 448 g/mol. The molecule has 33 heavy (non-hydrogen) atoms. The number of para-hydroxylation sites is 2. The molecular weight excluding hydrogens is 423 g/mol. The summed E-state index contributed by atoms with van der Waals surface area (Å²) in [5.74, 6) is -0.260. The van der Waals surface area contributed by atoms with Gasteiger partial charge < -0.3 is 25.6 Å². The minimum absolute atomic E-state index is 0.0182. The Hall–Kier alpha value is -3.72. The van der Waals surface area contributed by atoms with Crippen molar-refractivity contribution in [1.82, 2.24) is 9.97 Å². The molecule has 5 rings (SSSR count). The lowest BCUT2D eigenvalue weighted by molar-refractivity contribution is -0.117. The second kappa shape index (κ2) is 9.41. The van der Waals surface area contributed by atoms with Crippen molar-refractivity contribution in [3.63, 3.8) is 0 Å². The standard InChI is InChI=1S/C24H25FN6O2/c25-19-15-26-24(27-17-7-9-18(10-8-17)31-11-13-33-14-12-31)30-22(19)28-20-3-1-2-4-21(20)29-23(32)16-5-6-16/h1-4,7-10,15-16H,5-6,11-14H2,(H,29,32)(H2,26,27,28,30). The van der Waals surface area contributed by atoms with Crippen LogP contribution in [0.5, 0.6) is 0 Å². The van der Waals surface area contributed by atoms with Crippen LogP contribution < -0.4 is 20.9 Å². The van der Waals surface area contributed by atoms with E-state index in [1.54, 1.807) is 12.1 Å². The number of amides is 1. The summed E-state index contributed by atoms with van der Waals surface area (Å²) in [6.07, 6.45) is 2.93. The van der Waals surface area contributed by atoms with Gasteiger partial charge in [-0.3, -0.25) is 4.79 Å². The summed E-state index contributed by atoms with van der Waals surface area (Å²) in [6, 6.07) is 15.1. The van der Waals surface area contributed by atoms with Gasteiger partial charge in [0.15, 0.2) is 11.6 Å². The maximum absolute atomic E-state index is 14.5. The van der Waals surface area contributed by atoms with Crippen molar-refractivity contribution in [2.24, 2.45) is 5.92 Å². The van der Waals surface area contributed by atoms with Crippen molar-refractivity contribution >= 4 is 40.4 Å². The Bertz CT molecular complexity index is 1130. The second-order valence-corrected chi connectivity index (χ2v) is 8.10. The van der Waals surface area contributed by atoms with Crippen LogP contribution in [0.3, 0.4) is 0 Å². The predicted octanol–water partition coefficient (Wildman–Crippen LogP) is 4.29. The number of aromatic nitrogens is 2. The van der Waals surface area contributed by atoms with Crippen LogP contribution in [0.2, 0.25) is 0 Å². The molecule has 1 aliphatic heterocycles. The summed E-state index contributed by atoms with van der Waals surface area (Å²) in [7, 11) is 0. The molecule has 2 heterocycles. The lowest BCUT2D eigenvalue weighted by atomic mass is 10.2. The summed E-state index contributed by atoms with van der Waals surface area (Å²) in [5, 5.41) is 9.00. The van der Waals surface area contributed by atoms with E-state index in [1.165, 1.54) is 0 Å². The van der Waals surface area contributed by atoms with Crippen LogP contribution in [-0.4, -0.2) is 42.2 Å². The minimum Gasteiger partial charge on any atom is -0.378 e. The van der Waals surface area contributed by atoms with Crippen LogP contribution in [0.4, 0.5) is 38.9 Å². The third-order valence-electron chi connectivity index (χ3n) is 5.63. The van der Waals surface area contributed by atoms with Gasteiger partial charge in [0.1, 0.15) is 0 Å². The number of hydrogen-bond donors (Lipinski definition) is 3. The van der Waals surface area contributed by atoms with E-state index in [0.29, 0.717) is 11.4 Å². The average molecular weight is 449 g/mol. The summed E-state index contributed by atoms with van der Waals surface area (Å²) < 4.78 is 19.9. The molecule has 0 unspecified atom stereocenters. The molecule has 1 aliphatic carbocycles. The highest BCUT2D eigenvalue weighted by Gasteiger charge is 2.30. The van der Waals surface area contributed by atoms with Crippen molar-refractivity contribution < 1.29 is 13.9 Å². The molecule has 1 saturated heterocycles. The van der Waals surface area contributed by atoms with E-state index in [1.807, 2.05) is 36.4 Å². The first kappa shape index (κ1) is 21.1. The number of anilines is 6. The zero-order chi connectivity index (χ0) is 22.6. The minimum atomic E-state index is -0.591. The highest BCUT2D eigenvalue weighted by Crippen LogP contribution is 2.32. The molecule has 1 aromatic heterocycles. The SMILES string of the molecule is O=C(Nc1ccccc1Nc1nc(Nc2ccc(N3CCOCC3)cc2)ncc1F)C1CC1. The lowest BCUT2D eigenvalue weighted by Gasteiger charge is -2.28. The van der Waals surface area contributed by atoms with Gasteiger partial charge >= 0.3 is 0 Å². The molecule has 0 atom stereocenters. The van der Waals surface area contributed by atoms with Gasteiger partial charge in [0.25, 0.3) is 0 Å². The Morgan fingerprint density at radius 1 is 1.00 bits per heavy atom. The van der Waals surface area contributed by atoms with E-state index < -0.39 is 5.82 Å². The summed E-state index contributed by atoms with van der Waals surface area (Å²) in [4.78, 5) is 22.8. The molecule has 170 valence electrons. The number of morpholine rings is 1. The van der Waals surface area contributed by atoms with Gasteiger partial charge in [0, 0.05) is 30.4 Å². The Kier molecular flexibility index (Phi) is 6.03. The summed E-state index contributed by atoms with van der Waals surface area (Å²) in [5.41, 5.74) is 3.06. The number of nitrogens with one attached hydrogen (secondary N) is 3. The maximum atomic E-state index is 14.5. The highest BCUT2D eigenvalue weighted by molar-refractivity contribution is 5.97. The van der Waals surface area contributed by atoms with Crippen molar-refractivity contribution in [3.8, 4) is 0 Å². The van der Waals surface area contributed by atoms with E-state index in [0.717, 1.165) is 56.7 Å². The molecule has 2 fully saturated rings. The number of hydrogen-bond acceptors (Lipinski definition) is 7. The quantitative estimate of drug-likeness (QED) is 0.497. The van der Waals surface area contributed by atoms with Crippen LogP contribution >= 0.6 is 0 Å². The molecule has 1 saturated carbocycles. The third-order valence-corrected chi connectivity index (χ3v) is 5.63. The molecule has 3 aromatic rings. The van der Waals surface area contributed by atoms with Gasteiger partial charge in [-0.2, -0.15) is 4.98 Å².